The van der Waals surface area contributed by atoms with Crippen molar-refractivity contribution in [3.05, 3.63) is 64.7 Å². The van der Waals surface area contributed by atoms with Crippen molar-refractivity contribution in [2.45, 2.75) is 13.5 Å². The van der Waals surface area contributed by atoms with E-state index in [2.05, 4.69) is 0 Å². The highest BCUT2D eigenvalue weighted by atomic mass is 16.5. The summed E-state index contributed by atoms with van der Waals surface area (Å²) in [5, 5.41) is 0. The second-order valence-corrected chi connectivity index (χ2v) is 7.30. The third kappa shape index (κ3) is 5.20. The molecule has 0 fully saturated rings. The summed E-state index contributed by atoms with van der Waals surface area (Å²) in [7, 11) is 2.93. The van der Waals surface area contributed by atoms with Crippen molar-refractivity contribution >= 4 is 23.7 Å². The molecule has 0 aliphatic carbocycles. The highest BCUT2D eigenvalue weighted by Crippen LogP contribution is 2.27. The van der Waals surface area contributed by atoms with E-state index in [1.807, 2.05) is 0 Å². The van der Waals surface area contributed by atoms with Gasteiger partial charge in [0.15, 0.2) is 0 Å². The van der Waals surface area contributed by atoms with Crippen molar-refractivity contribution in [3.63, 3.8) is 0 Å². The number of amides is 3. The van der Waals surface area contributed by atoms with Crippen molar-refractivity contribution in [2.75, 3.05) is 40.5 Å². The third-order valence-corrected chi connectivity index (χ3v) is 5.19. The Bertz CT molecular complexity index is 1030. The van der Waals surface area contributed by atoms with Gasteiger partial charge in [0.05, 0.1) is 43.6 Å². The maximum Gasteiger partial charge on any atom is 0.325 e. The van der Waals surface area contributed by atoms with Crippen LogP contribution in [0.25, 0.3) is 0 Å². The molecular weight excluding hydrogens is 428 g/mol. The lowest BCUT2D eigenvalue weighted by Crippen LogP contribution is -2.39. The van der Waals surface area contributed by atoms with E-state index in [1.165, 1.54) is 19.1 Å². The van der Waals surface area contributed by atoms with Gasteiger partial charge in [-0.05, 0) is 36.8 Å². The van der Waals surface area contributed by atoms with Crippen LogP contribution in [0.3, 0.4) is 0 Å². The molecule has 0 saturated carbocycles. The Morgan fingerprint density at radius 3 is 2.24 bits per heavy atom. The zero-order valence-electron chi connectivity index (χ0n) is 18.8. The minimum absolute atomic E-state index is 0.00737. The molecule has 0 spiro atoms. The van der Waals surface area contributed by atoms with Crippen LogP contribution in [0.15, 0.2) is 42.5 Å². The maximum absolute atomic E-state index is 13.3. The van der Waals surface area contributed by atoms with Crippen LogP contribution in [0.5, 0.6) is 5.75 Å². The zero-order chi connectivity index (χ0) is 24.0. The van der Waals surface area contributed by atoms with Gasteiger partial charge in [-0.15, -0.1) is 0 Å². The Morgan fingerprint density at radius 2 is 1.67 bits per heavy atom. The van der Waals surface area contributed by atoms with Gasteiger partial charge in [0, 0.05) is 13.7 Å². The van der Waals surface area contributed by atoms with Gasteiger partial charge in [-0.25, -0.2) is 0 Å². The minimum Gasteiger partial charge on any atom is -0.496 e. The standard InChI is InChI=1S/C24H26N2O7/c1-4-33-21(27)15-25(11-12-31-2)22(28)19-13-16(9-10-20(19)32-3)14-26-23(29)17-7-5-6-8-18(17)24(26)30/h5-10,13H,4,11-12,14-15H2,1-3H3. The van der Waals surface area contributed by atoms with Crippen LogP contribution in [0.4, 0.5) is 0 Å². The number of esters is 1. The molecule has 2 aromatic carbocycles. The topological polar surface area (TPSA) is 102 Å². The zero-order valence-corrected chi connectivity index (χ0v) is 18.8. The molecule has 3 rings (SSSR count). The summed E-state index contributed by atoms with van der Waals surface area (Å²) in [5.74, 6) is -1.46. The second kappa shape index (κ2) is 10.7. The number of benzene rings is 2. The predicted molar refractivity (Wildman–Crippen MR) is 118 cm³/mol. The van der Waals surface area contributed by atoms with E-state index in [9.17, 15) is 19.2 Å². The lowest BCUT2D eigenvalue weighted by atomic mass is 10.1. The molecule has 0 unspecified atom stereocenters. The molecule has 2 aromatic rings. The molecule has 0 saturated heterocycles. The third-order valence-electron chi connectivity index (χ3n) is 5.19. The average molecular weight is 454 g/mol. The van der Waals surface area contributed by atoms with Gasteiger partial charge in [0.1, 0.15) is 12.3 Å². The van der Waals surface area contributed by atoms with E-state index in [1.54, 1.807) is 49.4 Å². The Labute approximate surface area is 191 Å². The minimum atomic E-state index is -0.539. The number of hydrogen-bond donors (Lipinski definition) is 0. The number of hydrogen-bond acceptors (Lipinski definition) is 7. The van der Waals surface area contributed by atoms with Crippen LogP contribution >= 0.6 is 0 Å². The van der Waals surface area contributed by atoms with Gasteiger partial charge < -0.3 is 19.1 Å². The highest BCUT2D eigenvalue weighted by Gasteiger charge is 2.35. The molecule has 0 radical (unpaired) electrons. The van der Waals surface area contributed by atoms with Crippen molar-refractivity contribution in [1.82, 2.24) is 9.80 Å². The Balaban J connectivity index is 1.87. The van der Waals surface area contributed by atoms with Crippen LogP contribution in [0, 0.1) is 0 Å². The molecule has 0 atom stereocenters. The quantitative estimate of drug-likeness (QED) is 0.400. The molecule has 174 valence electrons. The van der Waals surface area contributed by atoms with Gasteiger partial charge in [-0.1, -0.05) is 18.2 Å². The average Bonchev–Trinajstić information content (AvgIpc) is 3.06. The second-order valence-electron chi connectivity index (χ2n) is 7.30. The largest absolute Gasteiger partial charge is 0.496 e. The number of ether oxygens (including phenoxy) is 3. The number of carbonyl (C=O) groups excluding carboxylic acids is 4. The van der Waals surface area contributed by atoms with Gasteiger partial charge >= 0.3 is 5.97 Å². The monoisotopic (exact) mass is 454 g/mol. The molecule has 33 heavy (non-hydrogen) atoms. The molecule has 1 aliphatic rings. The number of imide groups is 1. The van der Waals surface area contributed by atoms with Crippen LogP contribution in [0.1, 0.15) is 43.6 Å². The Kier molecular flexibility index (Phi) is 7.78. The van der Waals surface area contributed by atoms with Crippen LogP contribution in [-0.4, -0.2) is 74.0 Å². The van der Waals surface area contributed by atoms with Crippen LogP contribution in [0.2, 0.25) is 0 Å². The SMILES string of the molecule is CCOC(=O)CN(CCOC)C(=O)c1cc(CN2C(=O)c3ccccc3C2=O)ccc1OC. The summed E-state index contributed by atoms with van der Waals surface area (Å²) >= 11 is 0. The molecule has 0 bridgehead atoms. The molecule has 9 nitrogen and oxygen atoms in total. The molecule has 1 heterocycles. The van der Waals surface area contributed by atoms with E-state index >= 15 is 0 Å². The summed E-state index contributed by atoms with van der Waals surface area (Å²) in [6.07, 6.45) is 0. The van der Waals surface area contributed by atoms with Gasteiger partial charge in [-0.3, -0.25) is 24.1 Å². The van der Waals surface area contributed by atoms with Crippen molar-refractivity contribution in [1.29, 1.82) is 0 Å². The molecule has 0 N–H and O–H groups in total. The number of rotatable bonds is 10. The molecule has 9 heteroatoms. The van der Waals surface area contributed by atoms with Crippen molar-refractivity contribution < 1.29 is 33.4 Å². The number of carbonyl (C=O) groups is 4. The Morgan fingerprint density at radius 1 is 1.00 bits per heavy atom. The first-order chi connectivity index (χ1) is 15.9. The normalized spacial score (nSPS) is 12.5. The first kappa shape index (κ1) is 23.9. The number of fused-ring (bicyclic) bond motifs is 1. The van der Waals surface area contributed by atoms with E-state index in [4.69, 9.17) is 14.2 Å². The fraction of sp³-hybridized carbons (Fsp3) is 0.333. The highest BCUT2D eigenvalue weighted by molar-refractivity contribution is 6.21. The fourth-order valence-corrected chi connectivity index (χ4v) is 3.57. The first-order valence-corrected chi connectivity index (χ1v) is 10.5. The number of methoxy groups -OCH3 is 2. The summed E-state index contributed by atoms with van der Waals surface area (Å²) in [4.78, 5) is 53.2. The molecule has 0 aromatic heterocycles. The summed E-state index contributed by atoms with van der Waals surface area (Å²) in [6.45, 7) is 2.02. The van der Waals surface area contributed by atoms with Crippen molar-refractivity contribution in [3.8, 4) is 5.75 Å². The predicted octanol–water partition coefficient (Wildman–Crippen LogP) is 2.14. The molecule has 3 amide bonds. The Hall–Kier alpha value is -3.72. The smallest absolute Gasteiger partial charge is 0.325 e. The lowest BCUT2D eigenvalue weighted by molar-refractivity contribution is -0.143. The fourth-order valence-electron chi connectivity index (χ4n) is 3.57. The van der Waals surface area contributed by atoms with Gasteiger partial charge in [0.25, 0.3) is 17.7 Å². The molecule has 1 aliphatic heterocycles. The first-order valence-electron chi connectivity index (χ1n) is 10.5. The van der Waals surface area contributed by atoms with E-state index in [0.29, 0.717) is 22.4 Å². The van der Waals surface area contributed by atoms with Crippen LogP contribution < -0.4 is 4.74 Å². The van der Waals surface area contributed by atoms with Crippen LogP contribution in [-0.2, 0) is 20.8 Å². The number of nitrogens with zero attached hydrogens (tertiary/aromatic N) is 2. The maximum atomic E-state index is 13.3. The van der Waals surface area contributed by atoms with E-state index in [0.717, 1.165) is 4.90 Å². The van der Waals surface area contributed by atoms with Gasteiger partial charge in [-0.2, -0.15) is 0 Å². The summed E-state index contributed by atoms with van der Waals surface area (Å²) < 4.78 is 15.4. The summed E-state index contributed by atoms with van der Waals surface area (Å²) in [6, 6.07) is 11.5. The lowest BCUT2D eigenvalue weighted by Gasteiger charge is -2.23. The van der Waals surface area contributed by atoms with E-state index < -0.39 is 11.9 Å². The summed E-state index contributed by atoms with van der Waals surface area (Å²) in [5.41, 5.74) is 1.48. The van der Waals surface area contributed by atoms with Gasteiger partial charge in [0.2, 0.25) is 0 Å². The van der Waals surface area contributed by atoms with E-state index in [-0.39, 0.29) is 50.2 Å². The van der Waals surface area contributed by atoms with Crippen molar-refractivity contribution in [2.24, 2.45) is 0 Å². The molecular formula is C24H26N2O7.